The Morgan fingerprint density at radius 3 is 2.23 bits per heavy atom. The van der Waals surface area contributed by atoms with E-state index in [1.165, 1.54) is 20.3 Å². The van der Waals surface area contributed by atoms with E-state index in [-0.39, 0.29) is 0 Å². The first-order chi connectivity index (χ1) is 10.3. The minimum absolute atomic E-state index is 0.449. The third kappa shape index (κ3) is 5.12. The number of allylic oxidation sites excluding steroid dienone is 1. The van der Waals surface area contributed by atoms with Gasteiger partial charge >= 0.3 is 6.09 Å². The molecule has 1 rings (SSSR count). The van der Waals surface area contributed by atoms with Crippen LogP contribution < -0.4 is 14.8 Å². The van der Waals surface area contributed by atoms with Gasteiger partial charge in [-0.2, -0.15) is 0 Å². The number of methoxy groups -OCH3 is 2. The second kappa shape index (κ2) is 7.49. The van der Waals surface area contributed by atoms with Crippen molar-refractivity contribution < 1.29 is 23.8 Å². The van der Waals surface area contributed by atoms with Gasteiger partial charge in [-0.3, -0.25) is 10.1 Å². The number of benzene rings is 1. The molecule has 120 valence electrons. The van der Waals surface area contributed by atoms with Gasteiger partial charge in [0, 0.05) is 11.6 Å². The van der Waals surface area contributed by atoms with Gasteiger partial charge in [0.15, 0.2) is 11.5 Å². The molecule has 0 fully saturated rings. The molecule has 0 aliphatic carbocycles. The zero-order valence-electron chi connectivity index (χ0n) is 13.4. The Bertz CT molecular complexity index is 573. The van der Waals surface area contributed by atoms with Crippen LogP contribution in [-0.2, 0) is 9.53 Å². The van der Waals surface area contributed by atoms with E-state index in [2.05, 4.69) is 5.32 Å². The summed E-state index contributed by atoms with van der Waals surface area (Å²) in [7, 11) is 3.00. The fraction of sp³-hybridized carbons (Fsp3) is 0.375. The summed E-state index contributed by atoms with van der Waals surface area (Å²) >= 11 is 0. The largest absolute Gasteiger partial charge is 0.493 e. The number of ether oxygens (including phenoxy) is 3. The van der Waals surface area contributed by atoms with E-state index < -0.39 is 11.7 Å². The molecular weight excluding hydrogens is 286 g/mol. The summed E-state index contributed by atoms with van der Waals surface area (Å²) < 4.78 is 15.6. The number of carbonyl (C=O) groups is 2. The first kappa shape index (κ1) is 17.6. The summed E-state index contributed by atoms with van der Waals surface area (Å²) in [5.41, 5.74) is 0.431. The average molecular weight is 307 g/mol. The minimum Gasteiger partial charge on any atom is -0.493 e. The monoisotopic (exact) mass is 307 g/mol. The summed E-state index contributed by atoms with van der Waals surface area (Å²) in [4.78, 5) is 22.4. The van der Waals surface area contributed by atoms with Crippen molar-refractivity contribution in [1.29, 1.82) is 0 Å². The van der Waals surface area contributed by atoms with Crippen molar-refractivity contribution in [2.75, 3.05) is 19.5 Å². The van der Waals surface area contributed by atoms with Crippen LogP contribution in [0.25, 0.3) is 6.08 Å². The number of rotatable bonds is 5. The average Bonchev–Trinajstić information content (AvgIpc) is 2.43. The summed E-state index contributed by atoms with van der Waals surface area (Å²) in [6.07, 6.45) is 2.93. The van der Waals surface area contributed by atoms with Crippen molar-refractivity contribution in [3.05, 3.63) is 23.8 Å². The predicted octanol–water partition coefficient (Wildman–Crippen LogP) is 3.26. The Balaban J connectivity index is 3.16. The first-order valence-corrected chi connectivity index (χ1v) is 6.68. The first-order valence-electron chi connectivity index (χ1n) is 6.68. The van der Waals surface area contributed by atoms with Gasteiger partial charge in [-0.15, -0.1) is 0 Å². The summed E-state index contributed by atoms with van der Waals surface area (Å²) in [6, 6.07) is 3.26. The Kier molecular flexibility index (Phi) is 5.98. The lowest BCUT2D eigenvalue weighted by molar-refractivity contribution is -0.104. The number of hydrogen-bond acceptors (Lipinski definition) is 5. The fourth-order valence-corrected chi connectivity index (χ4v) is 1.70. The van der Waals surface area contributed by atoms with Crippen LogP contribution in [0, 0.1) is 0 Å². The second-order valence-electron chi connectivity index (χ2n) is 5.42. The van der Waals surface area contributed by atoms with Gasteiger partial charge in [0.05, 0.1) is 19.9 Å². The Labute approximate surface area is 130 Å². The van der Waals surface area contributed by atoms with Crippen LogP contribution >= 0.6 is 0 Å². The molecule has 1 amide bonds. The molecule has 0 aliphatic heterocycles. The van der Waals surface area contributed by atoms with Crippen molar-refractivity contribution in [2.24, 2.45) is 0 Å². The molecule has 1 N–H and O–H groups in total. The molecule has 0 bridgehead atoms. The fourth-order valence-electron chi connectivity index (χ4n) is 1.70. The topological polar surface area (TPSA) is 73.9 Å². The van der Waals surface area contributed by atoms with Crippen LogP contribution in [0.3, 0.4) is 0 Å². The van der Waals surface area contributed by atoms with Gasteiger partial charge in [0.1, 0.15) is 11.9 Å². The number of carbonyl (C=O) groups excluding carboxylic acids is 2. The van der Waals surface area contributed by atoms with Crippen LogP contribution in [-0.4, -0.2) is 32.2 Å². The third-order valence-corrected chi connectivity index (χ3v) is 2.55. The Hall–Kier alpha value is -2.50. The van der Waals surface area contributed by atoms with E-state index in [0.717, 1.165) is 0 Å². The molecule has 1 aromatic rings. The maximum absolute atomic E-state index is 11.9. The molecule has 0 aliphatic rings. The number of anilines is 1. The van der Waals surface area contributed by atoms with Crippen LogP contribution in [0.15, 0.2) is 18.2 Å². The third-order valence-electron chi connectivity index (χ3n) is 2.55. The molecule has 0 saturated heterocycles. The maximum atomic E-state index is 11.9. The SMILES string of the molecule is COc1cc(/C=C/C=O)c(NC(=O)OC(C)(C)C)cc1OC. The molecule has 0 heterocycles. The highest BCUT2D eigenvalue weighted by Gasteiger charge is 2.18. The quantitative estimate of drug-likeness (QED) is 0.667. The second-order valence-corrected chi connectivity index (χ2v) is 5.42. The predicted molar refractivity (Wildman–Crippen MR) is 84.5 cm³/mol. The summed E-state index contributed by atoms with van der Waals surface area (Å²) in [5.74, 6) is 0.944. The van der Waals surface area contributed by atoms with Crippen LogP contribution in [0.5, 0.6) is 11.5 Å². The Morgan fingerprint density at radius 2 is 1.73 bits per heavy atom. The molecule has 0 spiro atoms. The van der Waals surface area contributed by atoms with Crippen molar-refractivity contribution in [2.45, 2.75) is 26.4 Å². The van der Waals surface area contributed by atoms with Crippen molar-refractivity contribution in [1.82, 2.24) is 0 Å². The highest BCUT2D eigenvalue weighted by Crippen LogP contribution is 2.34. The highest BCUT2D eigenvalue weighted by atomic mass is 16.6. The number of amides is 1. The van der Waals surface area contributed by atoms with Crippen LogP contribution in [0.4, 0.5) is 10.5 Å². The Morgan fingerprint density at radius 1 is 1.14 bits per heavy atom. The van der Waals surface area contributed by atoms with E-state index in [9.17, 15) is 9.59 Å². The summed E-state index contributed by atoms with van der Waals surface area (Å²) in [6.45, 7) is 5.32. The van der Waals surface area contributed by atoms with E-state index in [1.54, 1.807) is 39.0 Å². The number of aldehydes is 1. The molecule has 0 unspecified atom stereocenters. The lowest BCUT2D eigenvalue weighted by Gasteiger charge is -2.20. The maximum Gasteiger partial charge on any atom is 0.412 e. The molecule has 0 atom stereocenters. The lowest BCUT2D eigenvalue weighted by Crippen LogP contribution is -2.27. The van der Waals surface area contributed by atoms with Crippen LogP contribution in [0.2, 0.25) is 0 Å². The molecule has 1 aromatic carbocycles. The molecule has 0 radical (unpaired) electrons. The molecule has 6 nitrogen and oxygen atoms in total. The van der Waals surface area contributed by atoms with E-state index in [1.807, 2.05) is 0 Å². The van der Waals surface area contributed by atoms with Gasteiger partial charge < -0.3 is 14.2 Å². The van der Waals surface area contributed by atoms with E-state index in [0.29, 0.717) is 29.0 Å². The van der Waals surface area contributed by atoms with Gasteiger partial charge in [-0.25, -0.2) is 4.79 Å². The van der Waals surface area contributed by atoms with Crippen molar-refractivity contribution in [3.8, 4) is 11.5 Å². The molecular formula is C16H21NO5. The lowest BCUT2D eigenvalue weighted by atomic mass is 10.1. The molecule has 6 heteroatoms. The zero-order chi connectivity index (χ0) is 16.8. The van der Waals surface area contributed by atoms with Gasteiger partial charge in [-0.1, -0.05) is 0 Å². The normalized spacial score (nSPS) is 11.1. The number of hydrogen-bond donors (Lipinski definition) is 1. The number of nitrogens with one attached hydrogen (secondary N) is 1. The van der Waals surface area contributed by atoms with Crippen molar-refractivity contribution in [3.63, 3.8) is 0 Å². The zero-order valence-corrected chi connectivity index (χ0v) is 13.4. The molecule has 0 aromatic heterocycles. The van der Waals surface area contributed by atoms with Crippen molar-refractivity contribution >= 4 is 24.1 Å². The standard InChI is InChI=1S/C16H21NO5/c1-16(2,3)22-15(19)17-12-10-14(21-5)13(20-4)9-11(12)7-6-8-18/h6-10H,1-5H3,(H,17,19)/b7-6+. The highest BCUT2D eigenvalue weighted by molar-refractivity contribution is 5.90. The molecule has 22 heavy (non-hydrogen) atoms. The van der Waals surface area contributed by atoms with E-state index >= 15 is 0 Å². The van der Waals surface area contributed by atoms with Gasteiger partial charge in [0.25, 0.3) is 0 Å². The summed E-state index contributed by atoms with van der Waals surface area (Å²) in [5, 5.41) is 2.64. The van der Waals surface area contributed by atoms with Gasteiger partial charge in [-0.05, 0) is 39.0 Å². The van der Waals surface area contributed by atoms with E-state index in [4.69, 9.17) is 14.2 Å². The molecule has 0 saturated carbocycles. The minimum atomic E-state index is -0.612. The van der Waals surface area contributed by atoms with Gasteiger partial charge in [0.2, 0.25) is 0 Å². The smallest absolute Gasteiger partial charge is 0.412 e. The van der Waals surface area contributed by atoms with Crippen LogP contribution in [0.1, 0.15) is 26.3 Å².